The predicted octanol–water partition coefficient (Wildman–Crippen LogP) is 12.8. The molecule has 0 unspecified atom stereocenters. The van der Waals surface area contributed by atoms with Crippen LogP contribution in [0.2, 0.25) is 39.3 Å². The number of ether oxygens (including phenoxy) is 3. The Morgan fingerprint density at radius 3 is 0.958 bits per heavy atom. The van der Waals surface area contributed by atoms with E-state index in [-0.39, 0.29) is 54.0 Å². The van der Waals surface area contributed by atoms with Gasteiger partial charge < -0.3 is 14.2 Å². The maximum atomic E-state index is 6.88. The van der Waals surface area contributed by atoms with Crippen LogP contribution in [-0.2, 0) is 16.2 Å². The van der Waals surface area contributed by atoms with Crippen LogP contribution in [0.1, 0.15) is 108 Å². The van der Waals surface area contributed by atoms with E-state index >= 15 is 0 Å². The van der Waals surface area contributed by atoms with Crippen molar-refractivity contribution in [3.8, 4) is 34.5 Å². The second kappa shape index (κ2) is 22.7. The quantitative estimate of drug-likeness (QED) is 0.0982. The SMILES string of the molecule is C[Si](C)(Cl)Cl.Cc1c[c-]c2c(c1)C(C)(C)c1cc(C)c[c-]c1O2.Cc1cc(Br)c2c(c1)C(C)(C)c1cc(C)cc(Br)c1O2.Cc1cc2c(c([Si](C)(C)Cl)c1)Oc1c(cc(C)cc1[Si](C)(C)Cl)C2(C)C.[Li+].[Li+]. The second-order valence-corrected chi connectivity index (χ2v) is 45.2. The molecule has 0 fully saturated rings. The predicted molar refractivity (Wildman–Crippen MR) is 312 cm³/mol. The maximum Gasteiger partial charge on any atom is 1.00 e. The molecule has 9 rings (SSSR count). The smallest absolute Gasteiger partial charge is 0.509 e. The standard InChI is InChI=1S/C21H28Cl2OSi2.C17H16Br2O.C17H16O.C2H6Cl2Si.2Li/c1-13-9-15-19(17(11-13)25(5,6)22)24-20-16(21(15,3)4)10-14(2)12-18(20)26(7,8)23;1-9-5-11-15(13(18)7-9)20-16-12(17(11,3)4)6-10(2)8-14(16)19;1-11-5-7-15-13(9-11)17(3,4)14-10-12(2)6-8-16(14)18-15;1-5(2,3)4;;/h9-12H,1-8H3;5-8H,1-4H3;5-6,9-10H,1-4H3;1-2H3;;/q;;-2;;2*+1. The first-order chi connectivity index (χ1) is 31.5. The Kier molecular flexibility index (Phi) is 19.9. The molecule has 3 aliphatic rings. The number of aryl methyl sites for hydroxylation is 6. The van der Waals surface area contributed by atoms with Gasteiger partial charge in [-0.15, -0.1) is 45.4 Å². The fourth-order valence-corrected chi connectivity index (χ4v) is 13.9. The van der Waals surface area contributed by atoms with Crippen molar-refractivity contribution < 1.29 is 51.9 Å². The fraction of sp³-hybridized carbons (Fsp3) is 0.368. The second-order valence-electron chi connectivity index (χ2n) is 21.9. The van der Waals surface area contributed by atoms with Crippen LogP contribution in [0.4, 0.5) is 0 Å². The van der Waals surface area contributed by atoms with E-state index < -0.39 is 21.5 Å². The topological polar surface area (TPSA) is 27.7 Å². The number of halogens is 6. The largest absolute Gasteiger partial charge is 1.00 e. The molecular formula is C57H66Br2Cl4Li2O3Si3. The molecule has 0 amide bonds. The van der Waals surface area contributed by atoms with Crippen molar-refractivity contribution in [2.75, 3.05) is 0 Å². The summed E-state index contributed by atoms with van der Waals surface area (Å²) in [6.45, 7) is 36.9. The van der Waals surface area contributed by atoms with Crippen molar-refractivity contribution in [1.29, 1.82) is 0 Å². The van der Waals surface area contributed by atoms with Gasteiger partial charge in [0, 0.05) is 44.6 Å². The minimum Gasteiger partial charge on any atom is -0.509 e. The third-order valence-electron chi connectivity index (χ3n) is 12.9. The van der Waals surface area contributed by atoms with Crippen molar-refractivity contribution in [3.63, 3.8) is 0 Å². The molecule has 0 radical (unpaired) electrons. The summed E-state index contributed by atoms with van der Waals surface area (Å²) in [7, 11) is -4.15. The van der Waals surface area contributed by atoms with E-state index in [9.17, 15) is 0 Å². The van der Waals surface area contributed by atoms with Gasteiger partial charge in [-0.25, -0.2) is 0 Å². The minimum absolute atomic E-state index is 0. The Balaban J connectivity index is 0.000000221. The van der Waals surface area contributed by atoms with Crippen molar-refractivity contribution in [3.05, 3.63) is 161 Å². The van der Waals surface area contributed by atoms with Gasteiger partial charge in [0.15, 0.2) is 14.8 Å². The molecule has 0 N–H and O–H groups in total. The molecule has 71 heavy (non-hydrogen) atoms. The average Bonchev–Trinajstić information content (AvgIpc) is 3.19. The summed E-state index contributed by atoms with van der Waals surface area (Å²) in [4.78, 5) is 0. The molecule has 0 aliphatic carbocycles. The van der Waals surface area contributed by atoms with Gasteiger partial charge in [0.2, 0.25) is 6.69 Å². The van der Waals surface area contributed by atoms with Crippen molar-refractivity contribution in [1.82, 2.24) is 0 Å². The molecule has 3 nitrogen and oxygen atoms in total. The zero-order chi connectivity index (χ0) is 51.7. The number of benzene rings is 6. The zero-order valence-electron chi connectivity index (χ0n) is 45.4. The number of rotatable bonds is 2. The summed E-state index contributed by atoms with van der Waals surface area (Å²) in [5, 5.41) is 2.35. The third kappa shape index (κ3) is 13.8. The average molecular weight is 1200 g/mol. The molecular weight excluding hydrogens is 1130 g/mol. The molecule has 0 bridgehead atoms. The van der Waals surface area contributed by atoms with E-state index in [0.29, 0.717) is 0 Å². The van der Waals surface area contributed by atoms with E-state index in [2.05, 4.69) is 214 Å². The fourth-order valence-electron chi connectivity index (χ4n) is 9.19. The van der Waals surface area contributed by atoms with Crippen LogP contribution in [0.5, 0.6) is 34.5 Å². The van der Waals surface area contributed by atoms with Gasteiger partial charge in [-0.1, -0.05) is 135 Å². The van der Waals surface area contributed by atoms with Crippen LogP contribution in [0, 0.1) is 53.7 Å². The summed E-state index contributed by atoms with van der Waals surface area (Å²) < 4.78 is 20.8. The first-order valence-corrected chi connectivity index (χ1v) is 37.9. The molecule has 0 spiro atoms. The van der Waals surface area contributed by atoms with Gasteiger partial charge in [-0.3, -0.25) is 0 Å². The number of hydrogen-bond donors (Lipinski definition) is 0. The Labute approximate surface area is 488 Å². The molecule has 0 saturated heterocycles. The number of fused-ring (bicyclic) bond motifs is 6. The molecule has 0 aromatic heterocycles. The number of hydrogen-bond acceptors (Lipinski definition) is 3. The van der Waals surface area contributed by atoms with E-state index in [1.54, 1.807) is 0 Å². The van der Waals surface area contributed by atoms with Gasteiger partial charge in [-0.2, -0.15) is 57.6 Å². The van der Waals surface area contributed by atoms with Crippen LogP contribution < -0.4 is 62.3 Å². The van der Waals surface area contributed by atoms with E-state index in [0.717, 1.165) is 43.4 Å². The summed E-state index contributed by atoms with van der Waals surface area (Å²) in [6, 6.07) is 32.3. The molecule has 0 saturated carbocycles. The monoisotopic (exact) mass is 1190 g/mol. The van der Waals surface area contributed by atoms with E-state index in [4.69, 9.17) is 58.5 Å². The summed E-state index contributed by atoms with van der Waals surface area (Å²) in [5.41, 5.74) is 14.4. The van der Waals surface area contributed by atoms with Crippen molar-refractivity contribution in [2.24, 2.45) is 0 Å². The van der Waals surface area contributed by atoms with Crippen LogP contribution in [0.25, 0.3) is 0 Å². The Bertz CT molecular complexity index is 2790. The van der Waals surface area contributed by atoms with E-state index in [1.807, 2.05) is 25.2 Å². The Morgan fingerprint density at radius 2 is 0.648 bits per heavy atom. The Hall–Kier alpha value is -1.31. The maximum absolute atomic E-state index is 6.88. The van der Waals surface area contributed by atoms with Crippen molar-refractivity contribution in [2.45, 2.75) is 139 Å². The summed E-state index contributed by atoms with van der Waals surface area (Å²) in [5.74, 6) is 5.44. The molecule has 3 heterocycles. The van der Waals surface area contributed by atoms with Crippen LogP contribution in [0.3, 0.4) is 0 Å². The van der Waals surface area contributed by atoms with Crippen LogP contribution in [-0.4, -0.2) is 21.5 Å². The van der Waals surface area contributed by atoms with Gasteiger partial charge >= 0.3 is 37.7 Å². The first kappa shape index (κ1) is 62.2. The van der Waals surface area contributed by atoms with Gasteiger partial charge in [0.25, 0.3) is 0 Å². The van der Waals surface area contributed by atoms with Crippen LogP contribution >= 0.6 is 76.2 Å². The summed E-state index contributed by atoms with van der Waals surface area (Å²) >= 11 is 31.9. The van der Waals surface area contributed by atoms with E-state index in [1.165, 1.54) is 77.1 Å². The Morgan fingerprint density at radius 1 is 0.394 bits per heavy atom. The van der Waals surface area contributed by atoms with Gasteiger partial charge in [-0.05, 0) is 106 Å². The molecule has 0 atom stereocenters. The van der Waals surface area contributed by atoms with Gasteiger partial charge in [0.05, 0.1) is 8.95 Å². The van der Waals surface area contributed by atoms with Crippen molar-refractivity contribution >= 4 is 108 Å². The molecule has 14 heteroatoms. The minimum atomic E-state index is -2.08. The molecule has 3 aliphatic heterocycles. The summed E-state index contributed by atoms with van der Waals surface area (Å²) in [6.07, 6.45) is 0. The van der Waals surface area contributed by atoms with Gasteiger partial charge in [0.1, 0.15) is 23.0 Å². The normalized spacial score (nSPS) is 14.9. The first-order valence-electron chi connectivity index (χ1n) is 23.3. The van der Waals surface area contributed by atoms with Crippen LogP contribution in [0.15, 0.2) is 81.7 Å². The molecule has 368 valence electrons. The molecule has 6 aromatic carbocycles. The zero-order valence-corrected chi connectivity index (χ0v) is 54.6. The molecule has 6 aromatic rings. The third-order valence-corrected chi connectivity index (χ3v) is 18.6.